The summed E-state index contributed by atoms with van der Waals surface area (Å²) in [6, 6.07) is -0.833. The molecule has 3 aliphatic rings. The smallest absolute Gasteiger partial charge is 0.309 e. The summed E-state index contributed by atoms with van der Waals surface area (Å²) in [5.74, 6) is -4.06. The Morgan fingerprint density at radius 3 is 2.16 bits per heavy atom. The Labute approximate surface area is 371 Å². The largest absolute Gasteiger partial charge is 0.462 e. The molecular formula is C45H71NO17. The Balaban J connectivity index is 2.09. The molecule has 0 amide bonds. The number of esters is 5. The number of hydrogen-bond donors (Lipinski definition) is 1. The average Bonchev–Trinajstić information content (AvgIpc) is 3.18. The number of cyclic esters (lactones) is 1. The molecule has 2 fully saturated rings. The van der Waals surface area contributed by atoms with Crippen molar-refractivity contribution in [2.75, 3.05) is 21.2 Å². The van der Waals surface area contributed by atoms with E-state index in [0.29, 0.717) is 12.7 Å². The molecule has 358 valence electrons. The minimum absolute atomic E-state index is 0.0260. The number of likely N-dealkylation sites (N-methyl/N-ethyl adjacent to an activating group) is 1. The number of aldehydes is 1. The van der Waals surface area contributed by atoms with Crippen LogP contribution in [0.25, 0.3) is 0 Å². The summed E-state index contributed by atoms with van der Waals surface area (Å²) in [4.78, 5) is 77.6. The Morgan fingerprint density at radius 2 is 1.57 bits per heavy atom. The van der Waals surface area contributed by atoms with Gasteiger partial charge in [0.25, 0.3) is 0 Å². The van der Waals surface area contributed by atoms with Crippen molar-refractivity contribution in [3.8, 4) is 0 Å². The molecule has 3 aliphatic heterocycles. The number of methoxy groups -OCH3 is 1. The lowest BCUT2D eigenvalue weighted by Crippen LogP contribution is -2.66. The molecule has 0 spiro atoms. The lowest BCUT2D eigenvalue weighted by Gasteiger charge is -2.50. The first-order valence-electron chi connectivity index (χ1n) is 21.9. The van der Waals surface area contributed by atoms with Gasteiger partial charge >= 0.3 is 29.8 Å². The van der Waals surface area contributed by atoms with E-state index < -0.39 is 133 Å². The monoisotopic (exact) mass is 897 g/mol. The van der Waals surface area contributed by atoms with Crippen LogP contribution >= 0.6 is 0 Å². The van der Waals surface area contributed by atoms with Crippen LogP contribution in [0.3, 0.4) is 0 Å². The lowest BCUT2D eigenvalue weighted by molar-refractivity contribution is -0.344. The normalized spacial score (nSPS) is 38.1. The predicted molar refractivity (Wildman–Crippen MR) is 224 cm³/mol. The van der Waals surface area contributed by atoms with Gasteiger partial charge in [0.1, 0.15) is 42.9 Å². The SMILES string of the molecule is CCC(=O)OC1C(C)OC(OC2C(C)OC(O[C@@H]3C(OC)[C@H](OC(=O)CC)CC(=O)O[C@H](C)C/C=C/C=C/[C@@H](OC(C)=O)[C@H](C)C[C@@H]3CC=O)C(O)C2N(C)C)CC1(C)OC(C)=O. The lowest BCUT2D eigenvalue weighted by atomic mass is 9.82. The van der Waals surface area contributed by atoms with E-state index in [1.165, 1.54) is 21.0 Å². The van der Waals surface area contributed by atoms with E-state index in [0.717, 1.165) is 0 Å². The van der Waals surface area contributed by atoms with Crippen LogP contribution in [0, 0.1) is 11.8 Å². The van der Waals surface area contributed by atoms with Crippen LogP contribution in [0.15, 0.2) is 24.3 Å². The van der Waals surface area contributed by atoms with Crippen LogP contribution in [0.1, 0.15) is 107 Å². The number of rotatable bonds is 14. The van der Waals surface area contributed by atoms with Crippen LogP contribution in [-0.4, -0.2) is 153 Å². The van der Waals surface area contributed by atoms with E-state index >= 15 is 0 Å². The Bertz CT molecular complexity index is 1590. The summed E-state index contributed by atoms with van der Waals surface area (Å²) in [7, 11) is 4.82. The average molecular weight is 898 g/mol. The number of carbonyl (C=O) groups is 6. The third-order valence-corrected chi connectivity index (χ3v) is 11.5. The molecule has 16 atom stereocenters. The summed E-state index contributed by atoms with van der Waals surface area (Å²) < 4.78 is 60.7. The van der Waals surface area contributed by atoms with E-state index in [9.17, 15) is 33.9 Å². The molecule has 63 heavy (non-hydrogen) atoms. The maximum atomic E-state index is 13.4. The zero-order valence-electron chi connectivity index (χ0n) is 38.9. The van der Waals surface area contributed by atoms with Gasteiger partial charge in [0.15, 0.2) is 24.3 Å². The Hall–Kier alpha value is -3.78. The topological polar surface area (TPSA) is 218 Å². The second-order valence-electron chi connectivity index (χ2n) is 17.1. The van der Waals surface area contributed by atoms with Crippen LogP contribution in [-0.2, 0) is 76.1 Å². The minimum Gasteiger partial charge on any atom is -0.462 e. The fourth-order valence-corrected chi connectivity index (χ4v) is 8.57. The molecule has 0 bridgehead atoms. The molecule has 0 aromatic rings. The molecule has 0 aliphatic carbocycles. The van der Waals surface area contributed by atoms with E-state index in [1.807, 2.05) is 6.92 Å². The molecule has 0 aromatic heterocycles. The summed E-state index contributed by atoms with van der Waals surface area (Å²) in [6.45, 7) is 14.4. The van der Waals surface area contributed by atoms with Gasteiger partial charge in [-0.1, -0.05) is 39.0 Å². The fraction of sp³-hybridized carbons (Fsp3) is 0.778. The first-order valence-corrected chi connectivity index (χ1v) is 21.9. The highest BCUT2D eigenvalue weighted by Gasteiger charge is 2.54. The molecule has 3 rings (SSSR count). The summed E-state index contributed by atoms with van der Waals surface area (Å²) >= 11 is 0. The van der Waals surface area contributed by atoms with Crippen molar-refractivity contribution in [2.45, 2.75) is 193 Å². The molecule has 0 aromatic carbocycles. The molecule has 2 saturated heterocycles. The van der Waals surface area contributed by atoms with Gasteiger partial charge < -0.3 is 62.2 Å². The van der Waals surface area contributed by atoms with E-state index in [-0.39, 0.29) is 32.1 Å². The van der Waals surface area contributed by atoms with Crippen molar-refractivity contribution in [1.29, 1.82) is 0 Å². The first-order chi connectivity index (χ1) is 29.7. The van der Waals surface area contributed by atoms with Crippen molar-refractivity contribution in [3.63, 3.8) is 0 Å². The quantitative estimate of drug-likeness (QED) is 0.148. The van der Waals surface area contributed by atoms with Crippen molar-refractivity contribution < 1.29 is 81.2 Å². The Kier molecular flexibility index (Phi) is 21.3. The van der Waals surface area contributed by atoms with Crippen molar-refractivity contribution >= 4 is 36.1 Å². The van der Waals surface area contributed by atoms with Gasteiger partial charge in [0.2, 0.25) is 0 Å². The van der Waals surface area contributed by atoms with Gasteiger partial charge in [-0.2, -0.15) is 0 Å². The minimum atomic E-state index is -1.45. The third kappa shape index (κ3) is 15.4. The van der Waals surface area contributed by atoms with Crippen LogP contribution in [0.5, 0.6) is 0 Å². The third-order valence-electron chi connectivity index (χ3n) is 11.5. The zero-order valence-corrected chi connectivity index (χ0v) is 38.9. The molecular weight excluding hydrogens is 826 g/mol. The number of nitrogens with zero attached hydrogens (tertiary/aromatic N) is 1. The molecule has 0 saturated carbocycles. The number of aliphatic hydroxyl groups excluding tert-OH is 1. The highest BCUT2D eigenvalue weighted by molar-refractivity contribution is 5.73. The van der Waals surface area contributed by atoms with E-state index in [4.69, 9.17) is 47.4 Å². The van der Waals surface area contributed by atoms with Crippen LogP contribution in [0.2, 0.25) is 0 Å². The van der Waals surface area contributed by atoms with Gasteiger partial charge in [-0.25, -0.2) is 0 Å². The highest BCUT2D eigenvalue weighted by Crippen LogP contribution is 2.39. The van der Waals surface area contributed by atoms with Gasteiger partial charge in [-0.15, -0.1) is 0 Å². The summed E-state index contributed by atoms with van der Waals surface area (Å²) in [5, 5.41) is 12.2. The molecule has 10 unspecified atom stereocenters. The van der Waals surface area contributed by atoms with Crippen molar-refractivity contribution in [3.05, 3.63) is 24.3 Å². The van der Waals surface area contributed by atoms with Crippen molar-refractivity contribution in [1.82, 2.24) is 4.90 Å². The fourth-order valence-electron chi connectivity index (χ4n) is 8.57. The number of hydrogen-bond acceptors (Lipinski definition) is 18. The molecule has 0 radical (unpaired) electrons. The number of carbonyl (C=O) groups excluding carboxylic acids is 6. The van der Waals surface area contributed by atoms with Crippen LogP contribution in [0.4, 0.5) is 0 Å². The number of allylic oxidation sites excluding steroid dienone is 2. The highest BCUT2D eigenvalue weighted by atomic mass is 16.7. The van der Waals surface area contributed by atoms with Gasteiger partial charge in [0, 0.05) is 53.1 Å². The standard InChI is InChI=1S/C45H71NO17/c1-13-34(50)59-33-23-36(52)55-26(4)18-16-15-17-19-32(58-29(7)48)25(3)22-31(20-21-47)41(42(33)54-12)62-44-39(53)38(46(10)11)40(27(5)57-44)61-37-24-45(9,63-30(8)49)43(28(6)56-37)60-35(51)14-2/h15-17,19,21,25-28,31-33,37-44,53H,13-14,18,20,22-24H2,1-12H3/b16-15+,19-17+/t25-,26-,27?,28?,31+,32-,33-,37?,38?,39?,40?,41+,42?,43?,44?,45?/m1/s1. The summed E-state index contributed by atoms with van der Waals surface area (Å²) in [5.41, 5.74) is -1.33. The Morgan fingerprint density at radius 1 is 0.905 bits per heavy atom. The zero-order chi connectivity index (χ0) is 47.2. The molecule has 1 N–H and O–H groups in total. The predicted octanol–water partition coefficient (Wildman–Crippen LogP) is 3.91. The second kappa shape index (κ2) is 25.1. The van der Waals surface area contributed by atoms with Crippen molar-refractivity contribution in [2.24, 2.45) is 11.8 Å². The van der Waals surface area contributed by atoms with Crippen LogP contribution < -0.4 is 0 Å². The van der Waals surface area contributed by atoms with E-state index in [2.05, 4.69) is 0 Å². The summed E-state index contributed by atoms with van der Waals surface area (Å²) in [6.07, 6.45) is -4.48. The second-order valence-corrected chi connectivity index (χ2v) is 17.1. The molecule has 18 nitrogen and oxygen atoms in total. The number of aliphatic hydroxyl groups is 1. The van der Waals surface area contributed by atoms with E-state index in [1.54, 1.807) is 84.8 Å². The first kappa shape index (κ1) is 53.6. The van der Waals surface area contributed by atoms with Gasteiger partial charge in [0.05, 0.1) is 30.8 Å². The van der Waals surface area contributed by atoms with Gasteiger partial charge in [-0.05, 0) is 66.1 Å². The molecule has 18 heteroatoms. The number of ether oxygens (including phenoxy) is 10. The maximum absolute atomic E-state index is 13.4. The molecule has 3 heterocycles. The maximum Gasteiger partial charge on any atom is 0.309 e. The van der Waals surface area contributed by atoms with Gasteiger partial charge in [-0.3, -0.25) is 24.0 Å².